The Morgan fingerprint density at radius 1 is 1.00 bits per heavy atom. The molecule has 2 aromatic carbocycles. The molecule has 3 heteroatoms. The monoisotopic (exact) mass is 268 g/mol. The number of urea groups is 1. The average Bonchev–Trinajstić information content (AvgIpc) is 2.49. The lowest BCUT2D eigenvalue weighted by atomic mass is 10.2. The Morgan fingerprint density at radius 3 is 1.85 bits per heavy atom. The topological polar surface area (TPSA) is 32.3 Å². The number of nitrogens with one attached hydrogen (secondary N) is 1. The Morgan fingerprint density at radius 2 is 1.45 bits per heavy atom. The van der Waals surface area contributed by atoms with Crippen molar-refractivity contribution in [3.63, 3.8) is 0 Å². The number of para-hydroxylation sites is 2. The second-order valence-electron chi connectivity index (χ2n) is 4.77. The van der Waals surface area contributed by atoms with Crippen molar-refractivity contribution >= 4 is 17.4 Å². The standard InChI is InChI=1S/C17H20N2O/c1-3-14(2)18-17(20)19(15-10-6-4-7-11-15)16-12-8-5-9-13-16/h4-14H,3H2,1-2H3,(H,18,20)/t14-/m1/s1. The molecule has 104 valence electrons. The molecule has 1 N–H and O–H groups in total. The van der Waals surface area contributed by atoms with Crippen molar-refractivity contribution in [1.29, 1.82) is 0 Å². The van der Waals surface area contributed by atoms with E-state index in [9.17, 15) is 4.79 Å². The Labute approximate surface area is 120 Å². The minimum absolute atomic E-state index is 0.100. The quantitative estimate of drug-likeness (QED) is 0.879. The van der Waals surface area contributed by atoms with E-state index < -0.39 is 0 Å². The van der Waals surface area contributed by atoms with Gasteiger partial charge < -0.3 is 5.32 Å². The zero-order chi connectivity index (χ0) is 14.4. The van der Waals surface area contributed by atoms with Crippen molar-refractivity contribution in [2.24, 2.45) is 0 Å². The molecule has 1 atom stereocenters. The van der Waals surface area contributed by atoms with Gasteiger partial charge in [0.05, 0.1) is 11.4 Å². The fourth-order valence-corrected chi connectivity index (χ4v) is 1.92. The third-order valence-electron chi connectivity index (χ3n) is 3.21. The smallest absolute Gasteiger partial charge is 0.326 e. The summed E-state index contributed by atoms with van der Waals surface area (Å²) in [4.78, 5) is 14.2. The fourth-order valence-electron chi connectivity index (χ4n) is 1.92. The van der Waals surface area contributed by atoms with E-state index in [4.69, 9.17) is 0 Å². The van der Waals surface area contributed by atoms with Gasteiger partial charge in [-0.1, -0.05) is 43.3 Å². The second-order valence-corrected chi connectivity index (χ2v) is 4.77. The first-order chi connectivity index (χ1) is 9.72. The van der Waals surface area contributed by atoms with Crippen LogP contribution in [0.2, 0.25) is 0 Å². The number of carbonyl (C=O) groups is 1. The van der Waals surface area contributed by atoms with Gasteiger partial charge in [-0.2, -0.15) is 0 Å². The van der Waals surface area contributed by atoms with Gasteiger partial charge >= 0.3 is 6.03 Å². The molecule has 0 unspecified atom stereocenters. The van der Waals surface area contributed by atoms with Crippen LogP contribution < -0.4 is 10.2 Å². The lowest BCUT2D eigenvalue weighted by Crippen LogP contribution is -2.41. The number of carbonyl (C=O) groups excluding carboxylic acids is 1. The van der Waals surface area contributed by atoms with E-state index in [1.807, 2.05) is 67.6 Å². The molecule has 0 aromatic heterocycles. The molecule has 0 aliphatic carbocycles. The fraction of sp³-hybridized carbons (Fsp3) is 0.235. The van der Waals surface area contributed by atoms with Crippen molar-refractivity contribution in [3.8, 4) is 0 Å². The van der Waals surface area contributed by atoms with Gasteiger partial charge in [0.1, 0.15) is 0 Å². The first kappa shape index (κ1) is 14.1. The van der Waals surface area contributed by atoms with E-state index in [2.05, 4.69) is 12.2 Å². The third kappa shape index (κ3) is 3.38. The maximum atomic E-state index is 12.5. The van der Waals surface area contributed by atoms with Crippen LogP contribution in [0.4, 0.5) is 16.2 Å². The molecule has 0 bridgehead atoms. The minimum atomic E-state index is -0.100. The number of anilines is 2. The predicted octanol–water partition coefficient (Wildman–Crippen LogP) is 4.33. The number of hydrogen-bond acceptors (Lipinski definition) is 1. The molecule has 0 heterocycles. The van der Waals surface area contributed by atoms with E-state index >= 15 is 0 Å². The molecular weight excluding hydrogens is 248 g/mol. The summed E-state index contributed by atoms with van der Waals surface area (Å²) in [6, 6.07) is 19.4. The van der Waals surface area contributed by atoms with E-state index in [-0.39, 0.29) is 12.1 Å². The number of nitrogens with zero attached hydrogens (tertiary/aromatic N) is 1. The van der Waals surface area contributed by atoms with Crippen LogP contribution in [-0.2, 0) is 0 Å². The molecule has 0 aliphatic rings. The summed E-state index contributed by atoms with van der Waals surface area (Å²) >= 11 is 0. The molecule has 0 spiro atoms. The summed E-state index contributed by atoms with van der Waals surface area (Å²) in [5.41, 5.74) is 1.72. The first-order valence-corrected chi connectivity index (χ1v) is 6.93. The highest BCUT2D eigenvalue weighted by atomic mass is 16.2. The molecule has 3 nitrogen and oxygen atoms in total. The van der Waals surface area contributed by atoms with Crippen LogP contribution >= 0.6 is 0 Å². The van der Waals surface area contributed by atoms with Crippen molar-refractivity contribution in [2.45, 2.75) is 26.3 Å². The largest absolute Gasteiger partial charge is 0.335 e. The second kappa shape index (κ2) is 6.75. The van der Waals surface area contributed by atoms with Crippen LogP contribution in [0.5, 0.6) is 0 Å². The summed E-state index contributed by atoms with van der Waals surface area (Å²) in [5.74, 6) is 0. The van der Waals surface area contributed by atoms with Crippen LogP contribution in [0, 0.1) is 0 Å². The molecule has 2 rings (SSSR count). The van der Waals surface area contributed by atoms with E-state index in [0.717, 1.165) is 17.8 Å². The molecule has 2 amide bonds. The average molecular weight is 268 g/mol. The number of hydrogen-bond donors (Lipinski definition) is 1. The molecule has 0 fully saturated rings. The summed E-state index contributed by atoms with van der Waals surface area (Å²) in [6.07, 6.45) is 0.906. The zero-order valence-electron chi connectivity index (χ0n) is 11.9. The summed E-state index contributed by atoms with van der Waals surface area (Å²) in [5, 5.41) is 3.01. The Kier molecular flexibility index (Phi) is 4.77. The van der Waals surface area contributed by atoms with Gasteiger partial charge in [-0.15, -0.1) is 0 Å². The minimum Gasteiger partial charge on any atom is -0.335 e. The van der Waals surface area contributed by atoms with Crippen molar-refractivity contribution in [3.05, 3.63) is 60.7 Å². The highest BCUT2D eigenvalue weighted by molar-refractivity contribution is 5.99. The summed E-state index contributed by atoms with van der Waals surface area (Å²) in [6.45, 7) is 4.06. The van der Waals surface area contributed by atoms with Crippen LogP contribution in [-0.4, -0.2) is 12.1 Å². The zero-order valence-corrected chi connectivity index (χ0v) is 11.9. The van der Waals surface area contributed by atoms with Gasteiger partial charge in [0.2, 0.25) is 0 Å². The highest BCUT2D eigenvalue weighted by Crippen LogP contribution is 2.24. The highest BCUT2D eigenvalue weighted by Gasteiger charge is 2.18. The third-order valence-corrected chi connectivity index (χ3v) is 3.21. The normalized spacial score (nSPS) is 11.7. The van der Waals surface area contributed by atoms with Gasteiger partial charge in [0.15, 0.2) is 0 Å². The molecule has 0 saturated carbocycles. The molecule has 0 radical (unpaired) electrons. The Bertz CT molecular complexity index is 500. The molecule has 0 aliphatic heterocycles. The van der Waals surface area contributed by atoms with Crippen molar-refractivity contribution < 1.29 is 4.79 Å². The summed E-state index contributed by atoms with van der Waals surface area (Å²) < 4.78 is 0. The lowest BCUT2D eigenvalue weighted by Gasteiger charge is -2.25. The van der Waals surface area contributed by atoms with Gasteiger partial charge in [0, 0.05) is 6.04 Å². The van der Waals surface area contributed by atoms with Crippen molar-refractivity contribution in [2.75, 3.05) is 4.90 Å². The summed E-state index contributed by atoms with van der Waals surface area (Å²) in [7, 11) is 0. The first-order valence-electron chi connectivity index (χ1n) is 6.93. The van der Waals surface area contributed by atoms with Gasteiger partial charge in [-0.05, 0) is 37.6 Å². The van der Waals surface area contributed by atoms with Crippen LogP contribution in [0.1, 0.15) is 20.3 Å². The van der Waals surface area contributed by atoms with Crippen LogP contribution in [0.3, 0.4) is 0 Å². The maximum absolute atomic E-state index is 12.5. The van der Waals surface area contributed by atoms with Crippen LogP contribution in [0.15, 0.2) is 60.7 Å². The van der Waals surface area contributed by atoms with Crippen molar-refractivity contribution in [1.82, 2.24) is 5.32 Å². The lowest BCUT2D eigenvalue weighted by molar-refractivity contribution is 0.245. The SMILES string of the molecule is CC[C@@H](C)NC(=O)N(c1ccccc1)c1ccccc1. The maximum Gasteiger partial charge on any atom is 0.326 e. The number of amides is 2. The Balaban J connectivity index is 2.33. The number of rotatable bonds is 4. The molecule has 2 aromatic rings. The van der Waals surface area contributed by atoms with Gasteiger partial charge in [0.25, 0.3) is 0 Å². The molecule has 0 saturated heterocycles. The van der Waals surface area contributed by atoms with E-state index in [1.54, 1.807) is 4.90 Å². The Hall–Kier alpha value is -2.29. The van der Waals surface area contributed by atoms with Gasteiger partial charge in [-0.25, -0.2) is 4.79 Å². The number of benzene rings is 2. The van der Waals surface area contributed by atoms with Gasteiger partial charge in [-0.3, -0.25) is 4.90 Å². The van der Waals surface area contributed by atoms with E-state index in [1.165, 1.54) is 0 Å². The molecule has 20 heavy (non-hydrogen) atoms. The van der Waals surface area contributed by atoms with E-state index in [0.29, 0.717) is 0 Å². The molecular formula is C17H20N2O. The predicted molar refractivity (Wildman–Crippen MR) is 83.3 cm³/mol. The van der Waals surface area contributed by atoms with Crippen LogP contribution in [0.25, 0.3) is 0 Å².